The molecule has 0 amide bonds. The molecule has 1 fully saturated rings. The molecule has 0 radical (unpaired) electrons. The van der Waals surface area contributed by atoms with Gasteiger partial charge in [0.25, 0.3) is 0 Å². The van der Waals surface area contributed by atoms with Crippen molar-refractivity contribution in [3.8, 4) is 0 Å². The van der Waals surface area contributed by atoms with E-state index in [1.165, 1.54) is 51.4 Å². The molecule has 100 valence electrons. The van der Waals surface area contributed by atoms with Crippen molar-refractivity contribution in [2.24, 2.45) is 11.8 Å². The Kier molecular flexibility index (Phi) is 17.2. The van der Waals surface area contributed by atoms with E-state index in [2.05, 4.69) is 41.5 Å². The lowest BCUT2D eigenvalue weighted by Crippen LogP contribution is -2.08. The van der Waals surface area contributed by atoms with Gasteiger partial charge in [-0.3, -0.25) is 0 Å². The van der Waals surface area contributed by atoms with E-state index in [0.29, 0.717) is 0 Å². The Morgan fingerprint density at radius 1 is 1.00 bits per heavy atom. The molecule has 1 rings (SSSR count). The van der Waals surface area contributed by atoms with Crippen LogP contribution in [0.1, 0.15) is 92.9 Å². The summed E-state index contributed by atoms with van der Waals surface area (Å²) in [5.74, 6) is 2.02. The highest BCUT2D eigenvalue weighted by molar-refractivity contribution is 4.66. The minimum atomic E-state index is 0.903. The summed E-state index contributed by atoms with van der Waals surface area (Å²) in [6.45, 7) is 13.3. The molecule has 0 bridgehead atoms. The quantitative estimate of drug-likeness (QED) is 0.519. The normalized spacial score (nSPS) is 14.4. The number of rotatable bonds is 4. The molecular weight excluding hydrogens is 192 g/mol. The van der Waals surface area contributed by atoms with E-state index in [0.717, 1.165) is 11.8 Å². The van der Waals surface area contributed by atoms with Gasteiger partial charge in [-0.15, -0.1) is 0 Å². The Labute approximate surface area is 105 Å². The summed E-state index contributed by atoms with van der Waals surface area (Å²) < 4.78 is 0. The van der Waals surface area contributed by atoms with Crippen molar-refractivity contribution in [2.45, 2.75) is 92.9 Å². The molecule has 1 saturated carbocycles. The first-order chi connectivity index (χ1) is 7.62. The molecule has 0 aromatic heterocycles. The van der Waals surface area contributed by atoms with Crippen LogP contribution in [0.2, 0.25) is 0 Å². The maximum atomic E-state index is 2.28. The van der Waals surface area contributed by atoms with E-state index < -0.39 is 0 Å². The first kappa shape index (κ1) is 18.4. The van der Waals surface area contributed by atoms with Crippen molar-refractivity contribution in [3.05, 3.63) is 0 Å². The van der Waals surface area contributed by atoms with Crippen LogP contribution >= 0.6 is 0 Å². The van der Waals surface area contributed by atoms with Gasteiger partial charge in [0.15, 0.2) is 0 Å². The molecule has 0 aliphatic heterocycles. The molecule has 0 aromatic rings. The van der Waals surface area contributed by atoms with Crippen LogP contribution < -0.4 is 0 Å². The van der Waals surface area contributed by atoms with Crippen molar-refractivity contribution >= 4 is 0 Å². The van der Waals surface area contributed by atoms with E-state index in [9.17, 15) is 0 Å². The SMILES string of the molecule is CCC.CCC1CCC1.CCCCC(C)C. The second kappa shape index (κ2) is 15.0. The van der Waals surface area contributed by atoms with Gasteiger partial charge in [-0.25, -0.2) is 0 Å². The molecule has 0 aromatic carbocycles. The molecule has 1 aliphatic rings. The Hall–Kier alpha value is 0. The Morgan fingerprint density at radius 3 is 1.56 bits per heavy atom. The van der Waals surface area contributed by atoms with E-state index in [4.69, 9.17) is 0 Å². The zero-order valence-electron chi connectivity index (χ0n) is 12.8. The summed E-state index contributed by atoms with van der Waals surface area (Å²) in [4.78, 5) is 0. The molecule has 0 spiro atoms. The molecule has 16 heavy (non-hydrogen) atoms. The van der Waals surface area contributed by atoms with E-state index >= 15 is 0 Å². The van der Waals surface area contributed by atoms with Crippen LogP contribution in [0.5, 0.6) is 0 Å². The fourth-order valence-electron chi connectivity index (χ4n) is 1.51. The number of unbranched alkanes of at least 4 members (excludes halogenated alkanes) is 1. The molecule has 0 saturated heterocycles. The van der Waals surface area contributed by atoms with Gasteiger partial charge in [-0.2, -0.15) is 0 Å². The van der Waals surface area contributed by atoms with Gasteiger partial charge >= 0.3 is 0 Å². The molecule has 0 unspecified atom stereocenters. The van der Waals surface area contributed by atoms with E-state index in [1.807, 2.05) is 0 Å². The summed E-state index contributed by atoms with van der Waals surface area (Å²) in [5, 5.41) is 0. The highest BCUT2D eigenvalue weighted by atomic mass is 14.2. The van der Waals surface area contributed by atoms with Crippen LogP contribution in [0.4, 0.5) is 0 Å². The van der Waals surface area contributed by atoms with Crippen LogP contribution in [-0.4, -0.2) is 0 Å². The third-order valence-corrected chi connectivity index (χ3v) is 2.94. The number of hydrogen-bond donors (Lipinski definition) is 0. The van der Waals surface area contributed by atoms with Gasteiger partial charge < -0.3 is 0 Å². The molecular formula is C16H36. The standard InChI is InChI=1S/C7H16.C6H12.C3H8/c1-4-5-6-7(2)3;1-2-6-4-3-5-6;1-3-2/h7H,4-6H2,1-3H3;6H,2-5H2,1H3;3H2,1-2H3. The second-order valence-electron chi connectivity index (χ2n) is 5.45. The van der Waals surface area contributed by atoms with Crippen LogP contribution in [0, 0.1) is 11.8 Å². The van der Waals surface area contributed by atoms with Crippen LogP contribution in [0.15, 0.2) is 0 Å². The van der Waals surface area contributed by atoms with Crippen LogP contribution in [0.3, 0.4) is 0 Å². The molecule has 0 N–H and O–H groups in total. The summed E-state index contributed by atoms with van der Waals surface area (Å²) >= 11 is 0. The predicted octanol–water partition coefficient (Wildman–Crippen LogP) is 6.45. The zero-order valence-corrected chi connectivity index (χ0v) is 12.8. The van der Waals surface area contributed by atoms with E-state index in [1.54, 1.807) is 0 Å². The zero-order chi connectivity index (χ0) is 12.8. The minimum absolute atomic E-state index is 0.903. The third kappa shape index (κ3) is 16.4. The van der Waals surface area contributed by atoms with Crippen LogP contribution in [-0.2, 0) is 0 Å². The van der Waals surface area contributed by atoms with E-state index in [-0.39, 0.29) is 0 Å². The van der Waals surface area contributed by atoms with Crippen LogP contribution in [0.25, 0.3) is 0 Å². The Bertz CT molecular complexity index is 97.9. The monoisotopic (exact) mass is 228 g/mol. The summed E-state index contributed by atoms with van der Waals surface area (Å²) in [5.41, 5.74) is 0. The molecule has 1 aliphatic carbocycles. The maximum Gasteiger partial charge on any atom is -0.0417 e. The van der Waals surface area contributed by atoms with Crippen molar-refractivity contribution in [1.82, 2.24) is 0 Å². The maximum absolute atomic E-state index is 2.28. The average Bonchev–Trinajstić information content (AvgIpc) is 2.15. The van der Waals surface area contributed by atoms with Gasteiger partial charge in [0.05, 0.1) is 0 Å². The molecule has 0 atom stereocenters. The fraction of sp³-hybridized carbons (Fsp3) is 1.00. The van der Waals surface area contributed by atoms with Gasteiger partial charge in [0.2, 0.25) is 0 Å². The largest absolute Gasteiger partial charge is 0.0656 e. The fourth-order valence-corrected chi connectivity index (χ4v) is 1.51. The van der Waals surface area contributed by atoms with Gasteiger partial charge in [0.1, 0.15) is 0 Å². The van der Waals surface area contributed by atoms with Crippen molar-refractivity contribution in [1.29, 1.82) is 0 Å². The summed E-state index contributed by atoms with van der Waals surface area (Å²) in [6.07, 6.45) is 11.3. The highest BCUT2D eigenvalue weighted by Crippen LogP contribution is 2.28. The second-order valence-corrected chi connectivity index (χ2v) is 5.45. The van der Waals surface area contributed by atoms with Gasteiger partial charge in [0, 0.05) is 0 Å². The topological polar surface area (TPSA) is 0 Å². The summed E-state index contributed by atoms with van der Waals surface area (Å²) in [7, 11) is 0. The van der Waals surface area contributed by atoms with Crippen molar-refractivity contribution in [2.75, 3.05) is 0 Å². The average molecular weight is 228 g/mol. The lowest BCUT2D eigenvalue weighted by molar-refractivity contribution is 0.307. The molecule has 0 heterocycles. The molecule has 0 heteroatoms. The van der Waals surface area contributed by atoms with Crippen molar-refractivity contribution in [3.63, 3.8) is 0 Å². The summed E-state index contributed by atoms with van der Waals surface area (Å²) in [6, 6.07) is 0. The Morgan fingerprint density at radius 2 is 1.50 bits per heavy atom. The smallest absolute Gasteiger partial charge is 0.0417 e. The van der Waals surface area contributed by atoms with Gasteiger partial charge in [-0.1, -0.05) is 92.9 Å². The Balaban J connectivity index is 0. The first-order valence-electron chi connectivity index (χ1n) is 7.62. The minimum Gasteiger partial charge on any atom is -0.0656 e. The van der Waals surface area contributed by atoms with Gasteiger partial charge in [-0.05, 0) is 11.8 Å². The highest BCUT2D eigenvalue weighted by Gasteiger charge is 2.13. The molecule has 0 nitrogen and oxygen atoms in total. The first-order valence-corrected chi connectivity index (χ1v) is 7.62. The lowest BCUT2D eigenvalue weighted by atomic mass is 9.84. The third-order valence-electron chi connectivity index (χ3n) is 2.94. The predicted molar refractivity (Wildman–Crippen MR) is 78.0 cm³/mol. The van der Waals surface area contributed by atoms with Crippen molar-refractivity contribution < 1.29 is 0 Å². The number of hydrogen-bond acceptors (Lipinski definition) is 0. The lowest BCUT2D eigenvalue weighted by Gasteiger charge is -2.22.